The molecule has 0 spiro atoms. The predicted octanol–water partition coefficient (Wildman–Crippen LogP) is 3.54. The molecule has 7 nitrogen and oxygen atoms in total. The van der Waals surface area contributed by atoms with Crippen LogP contribution in [0.25, 0.3) is 11.4 Å². The summed E-state index contributed by atoms with van der Waals surface area (Å²) in [5.74, 6) is 2.10. The molecule has 0 unspecified atom stereocenters. The smallest absolute Gasteiger partial charge is 0.234 e. The fraction of sp³-hybridized carbons (Fsp3) is 0.250. The quantitative estimate of drug-likeness (QED) is 0.614. The van der Waals surface area contributed by atoms with E-state index in [1.54, 1.807) is 14.2 Å². The second-order valence-corrected chi connectivity index (χ2v) is 7.08. The molecule has 0 saturated heterocycles. The van der Waals surface area contributed by atoms with Gasteiger partial charge in [0.05, 0.1) is 20.0 Å². The van der Waals surface area contributed by atoms with Gasteiger partial charge in [0.15, 0.2) is 22.5 Å². The van der Waals surface area contributed by atoms with E-state index in [0.29, 0.717) is 22.5 Å². The van der Waals surface area contributed by atoms with Gasteiger partial charge in [0.25, 0.3) is 0 Å². The van der Waals surface area contributed by atoms with E-state index in [-0.39, 0.29) is 11.7 Å². The monoisotopic (exact) mass is 398 g/mol. The molecule has 3 rings (SSSR count). The Balaban J connectivity index is 1.69. The summed E-state index contributed by atoms with van der Waals surface area (Å²) in [6.07, 6.45) is 0. The zero-order valence-electron chi connectivity index (χ0n) is 16.2. The number of anilines is 1. The Morgan fingerprint density at radius 2 is 1.89 bits per heavy atom. The highest BCUT2D eigenvalue weighted by molar-refractivity contribution is 7.99. The normalized spacial score (nSPS) is 10.6. The molecule has 0 radical (unpaired) electrons. The molecule has 0 fully saturated rings. The van der Waals surface area contributed by atoms with Gasteiger partial charge in [-0.3, -0.25) is 4.79 Å². The van der Waals surface area contributed by atoms with Crippen molar-refractivity contribution in [2.45, 2.75) is 12.1 Å². The van der Waals surface area contributed by atoms with E-state index in [1.165, 1.54) is 11.8 Å². The molecule has 0 aliphatic heterocycles. The first-order chi connectivity index (χ1) is 13.5. The number of hydrogen-bond acceptors (Lipinski definition) is 6. The van der Waals surface area contributed by atoms with E-state index in [0.717, 1.165) is 16.8 Å². The van der Waals surface area contributed by atoms with Crippen LogP contribution in [0.2, 0.25) is 0 Å². The van der Waals surface area contributed by atoms with Crippen molar-refractivity contribution in [1.29, 1.82) is 0 Å². The number of amides is 1. The Morgan fingerprint density at radius 3 is 2.61 bits per heavy atom. The minimum Gasteiger partial charge on any atom is -0.493 e. The van der Waals surface area contributed by atoms with Crippen LogP contribution in [0.4, 0.5) is 5.69 Å². The Bertz CT molecular complexity index is 987. The van der Waals surface area contributed by atoms with Crippen molar-refractivity contribution in [3.05, 3.63) is 48.0 Å². The molecule has 1 N–H and O–H groups in total. The highest BCUT2D eigenvalue weighted by Crippen LogP contribution is 2.32. The van der Waals surface area contributed by atoms with Gasteiger partial charge in [-0.1, -0.05) is 23.9 Å². The topological polar surface area (TPSA) is 78.3 Å². The standard InChI is InChI=1S/C20H22N4O3S/c1-13-6-5-7-15(10-13)21-18(25)12-28-20-23-22-19(24(20)2)14-8-9-16(26-3)17(11-14)27-4/h5-11H,12H2,1-4H3,(H,21,25). The number of nitrogens with zero attached hydrogens (tertiary/aromatic N) is 3. The van der Waals surface area contributed by atoms with Gasteiger partial charge in [-0.2, -0.15) is 0 Å². The molecular weight excluding hydrogens is 376 g/mol. The van der Waals surface area contributed by atoms with Crippen LogP contribution in [0.3, 0.4) is 0 Å². The first kappa shape index (κ1) is 19.8. The van der Waals surface area contributed by atoms with Gasteiger partial charge in [0.1, 0.15) is 0 Å². The summed E-state index contributed by atoms with van der Waals surface area (Å²) in [4.78, 5) is 12.2. The number of benzene rings is 2. The summed E-state index contributed by atoms with van der Waals surface area (Å²) in [6.45, 7) is 1.99. The number of carbonyl (C=O) groups is 1. The second kappa shape index (κ2) is 8.79. The van der Waals surface area contributed by atoms with Gasteiger partial charge in [-0.05, 0) is 42.8 Å². The minimum atomic E-state index is -0.0914. The van der Waals surface area contributed by atoms with Crippen molar-refractivity contribution in [2.75, 3.05) is 25.3 Å². The van der Waals surface area contributed by atoms with Crippen LogP contribution in [0.1, 0.15) is 5.56 Å². The fourth-order valence-electron chi connectivity index (χ4n) is 2.72. The van der Waals surface area contributed by atoms with Crippen LogP contribution >= 0.6 is 11.8 Å². The summed E-state index contributed by atoms with van der Waals surface area (Å²) >= 11 is 1.33. The second-order valence-electron chi connectivity index (χ2n) is 6.14. The van der Waals surface area contributed by atoms with Gasteiger partial charge in [0, 0.05) is 18.3 Å². The number of aryl methyl sites for hydroxylation is 1. The summed E-state index contributed by atoms with van der Waals surface area (Å²) < 4.78 is 12.5. The van der Waals surface area contributed by atoms with Gasteiger partial charge >= 0.3 is 0 Å². The molecule has 1 aromatic heterocycles. The average Bonchev–Trinajstić information content (AvgIpc) is 3.06. The molecule has 2 aromatic carbocycles. The molecule has 28 heavy (non-hydrogen) atoms. The summed E-state index contributed by atoms with van der Waals surface area (Å²) in [6, 6.07) is 13.3. The lowest BCUT2D eigenvalue weighted by Gasteiger charge is -2.09. The Labute approximate surface area is 168 Å². The number of ether oxygens (including phenoxy) is 2. The first-order valence-electron chi connectivity index (χ1n) is 8.63. The Hall–Kier alpha value is -3.00. The van der Waals surface area contributed by atoms with Gasteiger partial charge in [0.2, 0.25) is 5.91 Å². The summed E-state index contributed by atoms with van der Waals surface area (Å²) in [5, 5.41) is 12.0. The molecule has 8 heteroatoms. The van der Waals surface area contributed by atoms with Crippen molar-refractivity contribution >= 4 is 23.4 Å². The molecule has 0 aliphatic rings. The predicted molar refractivity (Wildman–Crippen MR) is 110 cm³/mol. The zero-order chi connectivity index (χ0) is 20.1. The maximum atomic E-state index is 12.2. The zero-order valence-corrected chi connectivity index (χ0v) is 17.0. The number of rotatable bonds is 7. The third kappa shape index (κ3) is 4.45. The molecular formula is C20H22N4O3S. The maximum Gasteiger partial charge on any atom is 0.234 e. The van der Waals surface area contributed by atoms with E-state index in [4.69, 9.17) is 9.47 Å². The number of nitrogens with one attached hydrogen (secondary N) is 1. The molecule has 0 atom stereocenters. The van der Waals surface area contributed by atoms with Crippen LogP contribution < -0.4 is 14.8 Å². The molecule has 3 aromatic rings. The van der Waals surface area contributed by atoms with Crippen LogP contribution in [-0.4, -0.2) is 40.6 Å². The van der Waals surface area contributed by atoms with E-state index in [2.05, 4.69) is 15.5 Å². The Morgan fingerprint density at radius 1 is 1.11 bits per heavy atom. The van der Waals surface area contributed by atoms with Crippen LogP contribution in [0.15, 0.2) is 47.6 Å². The van der Waals surface area contributed by atoms with Crippen molar-refractivity contribution < 1.29 is 14.3 Å². The largest absolute Gasteiger partial charge is 0.493 e. The lowest BCUT2D eigenvalue weighted by atomic mass is 10.2. The van der Waals surface area contributed by atoms with Gasteiger partial charge < -0.3 is 19.4 Å². The highest BCUT2D eigenvalue weighted by Gasteiger charge is 2.15. The summed E-state index contributed by atoms with van der Waals surface area (Å²) in [5.41, 5.74) is 2.73. The van der Waals surface area contributed by atoms with Crippen LogP contribution in [0.5, 0.6) is 11.5 Å². The molecule has 1 amide bonds. The van der Waals surface area contributed by atoms with Crippen LogP contribution in [0, 0.1) is 6.92 Å². The molecule has 146 valence electrons. The average molecular weight is 398 g/mol. The van der Waals surface area contributed by atoms with Crippen molar-refractivity contribution in [3.63, 3.8) is 0 Å². The van der Waals surface area contributed by atoms with Crippen LogP contribution in [-0.2, 0) is 11.8 Å². The van der Waals surface area contributed by atoms with E-state index < -0.39 is 0 Å². The van der Waals surface area contributed by atoms with Gasteiger partial charge in [-0.15, -0.1) is 10.2 Å². The maximum absolute atomic E-state index is 12.2. The van der Waals surface area contributed by atoms with E-state index in [9.17, 15) is 4.79 Å². The third-order valence-corrected chi connectivity index (χ3v) is 5.13. The fourth-order valence-corrected chi connectivity index (χ4v) is 3.43. The minimum absolute atomic E-state index is 0.0914. The lowest BCUT2D eigenvalue weighted by molar-refractivity contribution is -0.113. The summed E-state index contributed by atoms with van der Waals surface area (Å²) in [7, 11) is 5.05. The number of carbonyl (C=O) groups excluding carboxylic acids is 1. The van der Waals surface area contributed by atoms with E-state index in [1.807, 2.05) is 61.0 Å². The van der Waals surface area contributed by atoms with Gasteiger partial charge in [-0.25, -0.2) is 0 Å². The lowest BCUT2D eigenvalue weighted by Crippen LogP contribution is -2.14. The molecule has 0 bridgehead atoms. The number of hydrogen-bond donors (Lipinski definition) is 1. The van der Waals surface area contributed by atoms with Crippen molar-refractivity contribution in [1.82, 2.24) is 14.8 Å². The molecule has 0 saturated carbocycles. The third-order valence-electron chi connectivity index (χ3n) is 4.11. The van der Waals surface area contributed by atoms with Crippen molar-refractivity contribution in [3.8, 4) is 22.9 Å². The number of thioether (sulfide) groups is 1. The SMILES string of the molecule is COc1ccc(-c2nnc(SCC(=O)Nc3cccc(C)c3)n2C)cc1OC. The van der Waals surface area contributed by atoms with Crippen molar-refractivity contribution in [2.24, 2.45) is 7.05 Å². The number of methoxy groups -OCH3 is 2. The van der Waals surface area contributed by atoms with E-state index >= 15 is 0 Å². The number of aromatic nitrogens is 3. The first-order valence-corrected chi connectivity index (χ1v) is 9.61. The Kier molecular flexibility index (Phi) is 6.20. The molecule has 1 heterocycles. The highest BCUT2D eigenvalue weighted by atomic mass is 32.2. The molecule has 0 aliphatic carbocycles.